The van der Waals surface area contributed by atoms with E-state index >= 15 is 0 Å². The van der Waals surface area contributed by atoms with Crippen molar-refractivity contribution in [3.63, 3.8) is 0 Å². The second kappa shape index (κ2) is 16.6. The Balaban J connectivity index is 3.46. The fraction of sp³-hybridized carbons (Fsp3) is 0. The van der Waals surface area contributed by atoms with E-state index in [4.69, 9.17) is 4.74 Å². The summed E-state index contributed by atoms with van der Waals surface area (Å²) in [6, 6.07) is 0. The number of amides is 1. The van der Waals surface area contributed by atoms with E-state index in [9.17, 15) is 4.79 Å². The standard InChI is InChI=1S/C29H30N4O2/c1-7-13-16-20-24(12-6)31-29-30-22-26(32-27(34)23(17-10-4)19-14-8-2)28(33-29)35-25(18-11-5)21-15-9-3/h7-22H,1-6H2,(H,32,34)(H,30,31,33)/b16-13-,19-14-,21-15-,23-17+,24-20+,25-18+. The van der Waals surface area contributed by atoms with Crippen molar-refractivity contribution < 1.29 is 9.53 Å². The van der Waals surface area contributed by atoms with Crippen molar-refractivity contribution in [3.8, 4) is 5.88 Å². The zero-order chi connectivity index (χ0) is 25.9. The van der Waals surface area contributed by atoms with Gasteiger partial charge in [0, 0.05) is 11.3 Å². The zero-order valence-corrected chi connectivity index (χ0v) is 19.7. The summed E-state index contributed by atoms with van der Waals surface area (Å²) in [6.07, 6.45) is 26.1. The Morgan fingerprint density at radius 2 is 1.49 bits per heavy atom. The number of rotatable bonds is 15. The zero-order valence-electron chi connectivity index (χ0n) is 19.7. The first kappa shape index (κ1) is 28.1. The van der Waals surface area contributed by atoms with Crippen molar-refractivity contribution in [2.24, 2.45) is 0 Å². The van der Waals surface area contributed by atoms with Crippen LogP contribution >= 0.6 is 0 Å². The molecular formula is C29H30N4O2. The van der Waals surface area contributed by atoms with Gasteiger partial charge in [0.1, 0.15) is 11.4 Å². The molecule has 1 aromatic heterocycles. The van der Waals surface area contributed by atoms with Crippen LogP contribution in [0.5, 0.6) is 5.88 Å². The van der Waals surface area contributed by atoms with Crippen LogP contribution in [0.3, 0.4) is 0 Å². The summed E-state index contributed by atoms with van der Waals surface area (Å²) in [5.41, 5.74) is 1.25. The van der Waals surface area contributed by atoms with Gasteiger partial charge in [-0.05, 0) is 30.4 Å². The molecule has 0 fully saturated rings. The van der Waals surface area contributed by atoms with Gasteiger partial charge in [0.05, 0.1) is 6.20 Å². The Morgan fingerprint density at radius 1 is 0.800 bits per heavy atom. The summed E-state index contributed by atoms with van der Waals surface area (Å²) in [7, 11) is 0. The van der Waals surface area contributed by atoms with Crippen molar-refractivity contribution >= 4 is 17.5 Å². The molecule has 35 heavy (non-hydrogen) atoms. The van der Waals surface area contributed by atoms with Gasteiger partial charge in [-0.25, -0.2) is 4.98 Å². The molecular weight excluding hydrogens is 436 g/mol. The summed E-state index contributed by atoms with van der Waals surface area (Å²) < 4.78 is 5.97. The molecule has 0 saturated heterocycles. The molecule has 6 heteroatoms. The molecule has 2 N–H and O–H groups in total. The predicted molar refractivity (Wildman–Crippen MR) is 148 cm³/mol. The highest BCUT2D eigenvalue weighted by Gasteiger charge is 2.15. The number of anilines is 2. The first-order chi connectivity index (χ1) is 17.0. The van der Waals surface area contributed by atoms with Crippen LogP contribution in [-0.2, 0) is 4.79 Å². The summed E-state index contributed by atoms with van der Waals surface area (Å²) in [4.78, 5) is 21.6. The van der Waals surface area contributed by atoms with Crippen molar-refractivity contribution in [1.82, 2.24) is 9.97 Å². The van der Waals surface area contributed by atoms with E-state index < -0.39 is 5.91 Å². The molecule has 6 nitrogen and oxygen atoms in total. The molecule has 1 aromatic rings. The first-order valence-electron chi connectivity index (χ1n) is 10.5. The smallest absolute Gasteiger partial charge is 0.255 e. The average molecular weight is 467 g/mol. The second-order valence-corrected chi connectivity index (χ2v) is 6.39. The summed E-state index contributed by atoms with van der Waals surface area (Å²) in [6.45, 7) is 22.1. The number of carbonyl (C=O) groups excluding carboxylic acids is 1. The number of hydrogen-bond donors (Lipinski definition) is 2. The third kappa shape index (κ3) is 10.5. The van der Waals surface area contributed by atoms with Crippen LogP contribution < -0.4 is 15.4 Å². The number of ether oxygens (including phenoxy) is 1. The topological polar surface area (TPSA) is 76.1 Å². The number of allylic oxidation sites excluding steroid dienone is 14. The van der Waals surface area contributed by atoms with Gasteiger partial charge in [-0.3, -0.25) is 4.79 Å². The largest absolute Gasteiger partial charge is 0.437 e. The highest BCUT2D eigenvalue weighted by Crippen LogP contribution is 2.26. The van der Waals surface area contributed by atoms with E-state index in [0.717, 1.165) is 0 Å². The van der Waals surface area contributed by atoms with Crippen molar-refractivity contribution in [2.45, 2.75) is 0 Å². The van der Waals surface area contributed by atoms with Crippen LogP contribution in [0, 0.1) is 0 Å². The Morgan fingerprint density at radius 3 is 2.11 bits per heavy atom. The Hall–Kier alpha value is -4.97. The van der Waals surface area contributed by atoms with Crippen LogP contribution in [0.15, 0.2) is 154 Å². The van der Waals surface area contributed by atoms with Crippen LogP contribution in [-0.4, -0.2) is 15.9 Å². The average Bonchev–Trinajstić information content (AvgIpc) is 2.86. The second-order valence-electron chi connectivity index (χ2n) is 6.39. The minimum atomic E-state index is -0.408. The highest BCUT2D eigenvalue weighted by atomic mass is 16.5. The number of aromatic nitrogens is 2. The van der Waals surface area contributed by atoms with Gasteiger partial charge < -0.3 is 15.4 Å². The molecule has 0 aliphatic rings. The normalized spacial score (nSPS) is 12.4. The molecule has 0 saturated carbocycles. The monoisotopic (exact) mass is 466 g/mol. The van der Waals surface area contributed by atoms with E-state index in [1.54, 1.807) is 85.1 Å². The maximum Gasteiger partial charge on any atom is 0.255 e. The van der Waals surface area contributed by atoms with E-state index in [-0.39, 0.29) is 17.5 Å². The lowest BCUT2D eigenvalue weighted by Crippen LogP contribution is -2.15. The van der Waals surface area contributed by atoms with E-state index in [0.29, 0.717) is 17.0 Å². The van der Waals surface area contributed by atoms with Crippen LogP contribution in [0.25, 0.3) is 0 Å². The predicted octanol–water partition coefficient (Wildman–Crippen LogP) is 6.68. The maximum atomic E-state index is 12.9. The molecule has 0 unspecified atom stereocenters. The molecule has 0 atom stereocenters. The van der Waals surface area contributed by atoms with Crippen molar-refractivity contribution in [3.05, 3.63) is 154 Å². The number of nitrogens with zero attached hydrogens (tertiary/aromatic N) is 2. The minimum Gasteiger partial charge on any atom is -0.437 e. The van der Waals surface area contributed by atoms with Gasteiger partial charge >= 0.3 is 0 Å². The first-order valence-corrected chi connectivity index (χ1v) is 10.5. The minimum absolute atomic E-state index is 0.105. The third-order valence-electron chi connectivity index (χ3n) is 3.87. The SMILES string of the molecule is C=C/C=C\C=C(/C=C)Nc1ncc(NC(=O)C(/C=C\C=C)=C/C=C)c(OC(/C=C\C=C)=C/C=C)n1. The summed E-state index contributed by atoms with van der Waals surface area (Å²) in [5, 5.41) is 5.82. The van der Waals surface area contributed by atoms with Crippen LogP contribution in [0.4, 0.5) is 11.6 Å². The van der Waals surface area contributed by atoms with Gasteiger partial charge in [-0.1, -0.05) is 100 Å². The lowest BCUT2D eigenvalue weighted by molar-refractivity contribution is -0.112. The number of carbonyl (C=O) groups is 1. The highest BCUT2D eigenvalue weighted by molar-refractivity contribution is 6.06. The van der Waals surface area contributed by atoms with Gasteiger partial charge in [0.15, 0.2) is 0 Å². The van der Waals surface area contributed by atoms with Gasteiger partial charge in [0.25, 0.3) is 5.91 Å². The fourth-order valence-corrected chi connectivity index (χ4v) is 2.33. The maximum absolute atomic E-state index is 12.9. The third-order valence-corrected chi connectivity index (χ3v) is 3.87. The molecule has 0 aliphatic heterocycles. The van der Waals surface area contributed by atoms with E-state index in [2.05, 4.69) is 60.1 Å². The molecule has 1 rings (SSSR count). The molecule has 1 amide bonds. The van der Waals surface area contributed by atoms with E-state index in [1.165, 1.54) is 12.3 Å². The fourth-order valence-electron chi connectivity index (χ4n) is 2.33. The molecule has 178 valence electrons. The molecule has 0 aliphatic carbocycles. The Labute approximate surface area is 207 Å². The van der Waals surface area contributed by atoms with Crippen molar-refractivity contribution in [2.75, 3.05) is 10.6 Å². The van der Waals surface area contributed by atoms with Gasteiger partial charge in [0.2, 0.25) is 11.8 Å². The molecule has 0 spiro atoms. The van der Waals surface area contributed by atoms with Gasteiger partial charge in [-0.15, -0.1) is 0 Å². The lowest BCUT2D eigenvalue weighted by atomic mass is 10.2. The molecule has 0 bridgehead atoms. The number of nitrogens with one attached hydrogen (secondary N) is 2. The van der Waals surface area contributed by atoms with Crippen molar-refractivity contribution in [1.29, 1.82) is 0 Å². The Bertz CT molecular complexity index is 1150. The van der Waals surface area contributed by atoms with Crippen LogP contribution in [0.2, 0.25) is 0 Å². The summed E-state index contributed by atoms with van der Waals surface area (Å²) in [5.74, 6) is 0.347. The summed E-state index contributed by atoms with van der Waals surface area (Å²) >= 11 is 0. The molecule has 0 radical (unpaired) electrons. The quantitative estimate of drug-likeness (QED) is 0.171. The van der Waals surface area contributed by atoms with Crippen LogP contribution in [0.1, 0.15) is 0 Å². The van der Waals surface area contributed by atoms with E-state index in [1.807, 2.05) is 0 Å². The molecule has 1 heterocycles. The Kier molecular flexibility index (Phi) is 13.3. The molecule has 0 aromatic carbocycles. The lowest BCUT2D eigenvalue weighted by Gasteiger charge is -2.14. The van der Waals surface area contributed by atoms with Gasteiger partial charge in [-0.2, -0.15) is 4.98 Å². The number of hydrogen-bond acceptors (Lipinski definition) is 5.